The van der Waals surface area contributed by atoms with Crippen LogP contribution in [-0.4, -0.2) is 37.3 Å². The standard InChI is InChI=1S/C11H14ClN3O3/c12-10-5-8(15(16)17)1-2-11(10)14-7-9-6-13-3-4-18-9/h1-2,5,9,13-14H,3-4,6-7H2. The summed E-state index contributed by atoms with van der Waals surface area (Å²) in [5, 5.41) is 17.3. The third-order valence-corrected chi connectivity index (χ3v) is 3.00. The molecular weight excluding hydrogens is 258 g/mol. The first-order chi connectivity index (χ1) is 8.66. The molecular formula is C11H14ClN3O3. The largest absolute Gasteiger partial charge is 0.381 e. The third-order valence-electron chi connectivity index (χ3n) is 2.69. The molecule has 1 atom stereocenters. The maximum absolute atomic E-state index is 10.6. The van der Waals surface area contributed by atoms with Gasteiger partial charge in [-0.2, -0.15) is 0 Å². The van der Waals surface area contributed by atoms with Gasteiger partial charge in [0.15, 0.2) is 0 Å². The van der Waals surface area contributed by atoms with Crippen molar-refractivity contribution in [2.24, 2.45) is 0 Å². The number of hydrogen-bond donors (Lipinski definition) is 2. The van der Waals surface area contributed by atoms with Gasteiger partial charge in [0.2, 0.25) is 0 Å². The summed E-state index contributed by atoms with van der Waals surface area (Å²) in [6.07, 6.45) is 0.0880. The van der Waals surface area contributed by atoms with Crippen LogP contribution in [0.2, 0.25) is 5.02 Å². The summed E-state index contributed by atoms with van der Waals surface area (Å²) in [7, 11) is 0. The van der Waals surface area contributed by atoms with Gasteiger partial charge < -0.3 is 15.4 Å². The van der Waals surface area contributed by atoms with Crippen LogP contribution in [0.5, 0.6) is 0 Å². The number of halogens is 1. The van der Waals surface area contributed by atoms with E-state index in [2.05, 4.69) is 10.6 Å². The summed E-state index contributed by atoms with van der Waals surface area (Å²) in [6.45, 7) is 2.97. The molecule has 98 valence electrons. The van der Waals surface area contributed by atoms with Gasteiger partial charge in [0.25, 0.3) is 5.69 Å². The van der Waals surface area contributed by atoms with Crippen LogP contribution in [0.25, 0.3) is 0 Å². The second kappa shape index (κ2) is 5.99. The number of nitrogens with one attached hydrogen (secondary N) is 2. The molecule has 1 aromatic rings. The molecule has 2 N–H and O–H groups in total. The van der Waals surface area contributed by atoms with Gasteiger partial charge in [-0.25, -0.2) is 0 Å². The van der Waals surface area contributed by atoms with Crippen LogP contribution >= 0.6 is 11.6 Å². The molecule has 0 saturated carbocycles. The molecule has 1 fully saturated rings. The van der Waals surface area contributed by atoms with Gasteiger partial charge in [-0.1, -0.05) is 11.6 Å². The Kier molecular flexibility index (Phi) is 4.35. The molecule has 0 spiro atoms. The molecule has 0 aliphatic carbocycles. The predicted octanol–water partition coefficient (Wildman–Crippen LogP) is 1.65. The number of morpholine rings is 1. The van der Waals surface area contributed by atoms with Crippen LogP contribution in [-0.2, 0) is 4.74 Å². The van der Waals surface area contributed by atoms with E-state index < -0.39 is 4.92 Å². The van der Waals surface area contributed by atoms with E-state index in [1.54, 1.807) is 6.07 Å². The molecule has 1 aromatic carbocycles. The van der Waals surface area contributed by atoms with Crippen LogP contribution in [0, 0.1) is 10.1 Å². The van der Waals surface area contributed by atoms with Crippen molar-refractivity contribution in [1.29, 1.82) is 0 Å². The lowest BCUT2D eigenvalue weighted by Crippen LogP contribution is -2.42. The second-order valence-electron chi connectivity index (χ2n) is 4.00. The number of non-ortho nitro benzene ring substituents is 1. The van der Waals surface area contributed by atoms with Gasteiger partial charge in [-0.05, 0) is 6.07 Å². The predicted molar refractivity (Wildman–Crippen MR) is 69.2 cm³/mol. The van der Waals surface area contributed by atoms with Crippen molar-refractivity contribution in [3.05, 3.63) is 33.3 Å². The van der Waals surface area contributed by atoms with Gasteiger partial charge in [-0.3, -0.25) is 10.1 Å². The van der Waals surface area contributed by atoms with Gasteiger partial charge in [-0.15, -0.1) is 0 Å². The number of nitro benzene ring substituents is 1. The fraction of sp³-hybridized carbons (Fsp3) is 0.455. The number of hydrogen-bond acceptors (Lipinski definition) is 5. The van der Waals surface area contributed by atoms with E-state index in [0.717, 1.165) is 13.1 Å². The van der Waals surface area contributed by atoms with Crippen LogP contribution < -0.4 is 10.6 Å². The van der Waals surface area contributed by atoms with E-state index in [4.69, 9.17) is 16.3 Å². The molecule has 2 rings (SSSR count). The molecule has 1 aliphatic heterocycles. The molecule has 1 saturated heterocycles. The van der Waals surface area contributed by atoms with E-state index in [0.29, 0.717) is 23.9 Å². The minimum Gasteiger partial charge on any atom is -0.381 e. The van der Waals surface area contributed by atoms with Crippen molar-refractivity contribution in [3.8, 4) is 0 Å². The zero-order valence-corrected chi connectivity index (χ0v) is 10.4. The molecule has 6 nitrogen and oxygen atoms in total. The zero-order valence-electron chi connectivity index (χ0n) is 9.69. The summed E-state index contributed by atoms with van der Waals surface area (Å²) in [4.78, 5) is 10.1. The highest BCUT2D eigenvalue weighted by Gasteiger charge is 2.14. The number of rotatable bonds is 4. The molecule has 1 heterocycles. The third kappa shape index (κ3) is 3.32. The van der Waals surface area contributed by atoms with Crippen LogP contribution in [0.15, 0.2) is 18.2 Å². The highest BCUT2D eigenvalue weighted by molar-refractivity contribution is 6.33. The van der Waals surface area contributed by atoms with Gasteiger partial charge in [0.05, 0.1) is 28.3 Å². The van der Waals surface area contributed by atoms with Crippen molar-refractivity contribution in [2.75, 3.05) is 31.6 Å². The Hall–Kier alpha value is -1.37. The topological polar surface area (TPSA) is 76.4 Å². The van der Waals surface area contributed by atoms with E-state index in [-0.39, 0.29) is 11.8 Å². The molecule has 18 heavy (non-hydrogen) atoms. The lowest BCUT2D eigenvalue weighted by molar-refractivity contribution is -0.384. The Bertz CT molecular complexity index is 436. The van der Waals surface area contributed by atoms with Crippen LogP contribution in [0.1, 0.15) is 0 Å². The minimum absolute atomic E-state index is 0.0128. The Balaban J connectivity index is 1.94. The van der Waals surface area contributed by atoms with E-state index in [1.807, 2.05) is 0 Å². The first kappa shape index (κ1) is 13.1. The van der Waals surface area contributed by atoms with E-state index in [1.165, 1.54) is 12.1 Å². The molecule has 1 unspecified atom stereocenters. The number of nitro groups is 1. The molecule has 1 aliphatic rings. The smallest absolute Gasteiger partial charge is 0.271 e. The molecule has 7 heteroatoms. The van der Waals surface area contributed by atoms with Crippen molar-refractivity contribution in [2.45, 2.75) is 6.10 Å². The summed E-state index contributed by atoms with van der Waals surface area (Å²) >= 11 is 5.97. The van der Waals surface area contributed by atoms with Gasteiger partial charge in [0.1, 0.15) is 0 Å². The monoisotopic (exact) mass is 271 g/mol. The minimum atomic E-state index is -0.468. The van der Waals surface area contributed by atoms with E-state index >= 15 is 0 Å². The summed E-state index contributed by atoms with van der Waals surface area (Å²) in [5.41, 5.74) is 0.664. The first-order valence-electron chi connectivity index (χ1n) is 5.67. The Morgan fingerprint density at radius 3 is 3.06 bits per heavy atom. The summed E-state index contributed by atoms with van der Waals surface area (Å²) < 4.78 is 5.53. The average molecular weight is 272 g/mol. The first-order valence-corrected chi connectivity index (χ1v) is 6.05. The SMILES string of the molecule is O=[N+]([O-])c1ccc(NCC2CNCCO2)c(Cl)c1. The van der Waals surface area contributed by atoms with E-state index in [9.17, 15) is 10.1 Å². The number of benzene rings is 1. The number of nitrogens with zero attached hydrogens (tertiary/aromatic N) is 1. The fourth-order valence-electron chi connectivity index (χ4n) is 1.74. The summed E-state index contributed by atoms with van der Waals surface area (Å²) in [6, 6.07) is 4.37. The Morgan fingerprint density at radius 2 is 2.44 bits per heavy atom. The van der Waals surface area contributed by atoms with Crippen molar-refractivity contribution in [1.82, 2.24) is 5.32 Å². The Morgan fingerprint density at radius 1 is 1.61 bits per heavy atom. The maximum Gasteiger partial charge on any atom is 0.271 e. The van der Waals surface area contributed by atoms with Crippen molar-refractivity contribution < 1.29 is 9.66 Å². The Labute approximate surface area is 109 Å². The zero-order chi connectivity index (χ0) is 13.0. The van der Waals surface area contributed by atoms with Crippen molar-refractivity contribution in [3.63, 3.8) is 0 Å². The summed E-state index contributed by atoms with van der Waals surface area (Å²) in [5.74, 6) is 0. The van der Waals surface area contributed by atoms with Crippen LogP contribution in [0.4, 0.5) is 11.4 Å². The van der Waals surface area contributed by atoms with Crippen molar-refractivity contribution >= 4 is 23.0 Å². The number of anilines is 1. The van der Waals surface area contributed by atoms with Crippen LogP contribution in [0.3, 0.4) is 0 Å². The quantitative estimate of drug-likeness (QED) is 0.643. The highest BCUT2D eigenvalue weighted by Crippen LogP contribution is 2.26. The van der Waals surface area contributed by atoms with Gasteiger partial charge >= 0.3 is 0 Å². The normalized spacial score (nSPS) is 19.5. The lowest BCUT2D eigenvalue weighted by Gasteiger charge is -2.24. The maximum atomic E-state index is 10.6. The molecule has 0 aromatic heterocycles. The second-order valence-corrected chi connectivity index (χ2v) is 4.41. The fourth-order valence-corrected chi connectivity index (χ4v) is 1.98. The highest BCUT2D eigenvalue weighted by atomic mass is 35.5. The number of ether oxygens (including phenoxy) is 1. The molecule has 0 radical (unpaired) electrons. The average Bonchev–Trinajstić information content (AvgIpc) is 2.38. The molecule has 0 bridgehead atoms. The lowest BCUT2D eigenvalue weighted by atomic mass is 10.2. The van der Waals surface area contributed by atoms with Gasteiger partial charge in [0, 0.05) is 31.8 Å². The molecule has 0 amide bonds.